The van der Waals surface area contributed by atoms with Gasteiger partial charge in [0.2, 0.25) is 0 Å². The lowest BCUT2D eigenvalue weighted by molar-refractivity contribution is -0.0362. The van der Waals surface area contributed by atoms with Crippen molar-refractivity contribution in [3.63, 3.8) is 0 Å². The van der Waals surface area contributed by atoms with E-state index in [2.05, 4.69) is 22.9 Å². The molecule has 0 spiro atoms. The molecule has 2 aliphatic rings. The van der Waals surface area contributed by atoms with E-state index < -0.39 is 0 Å². The first-order valence-electron chi connectivity index (χ1n) is 6.45. The Kier molecular flexibility index (Phi) is 3.36. The Balaban J connectivity index is 1.88. The Hall–Kier alpha value is -1.28. The molecular formula is C14H16ClN3O. The van der Waals surface area contributed by atoms with Crippen molar-refractivity contribution >= 4 is 17.3 Å². The lowest BCUT2D eigenvalue weighted by Gasteiger charge is -2.33. The maximum atomic E-state index is 9.22. The van der Waals surface area contributed by atoms with Crippen molar-refractivity contribution in [2.45, 2.75) is 12.1 Å². The molecule has 0 bridgehead atoms. The van der Waals surface area contributed by atoms with Gasteiger partial charge in [0.15, 0.2) is 0 Å². The molecule has 2 fully saturated rings. The van der Waals surface area contributed by atoms with E-state index >= 15 is 0 Å². The largest absolute Gasteiger partial charge is 0.373 e. The van der Waals surface area contributed by atoms with Gasteiger partial charge >= 0.3 is 0 Å². The molecule has 100 valence electrons. The van der Waals surface area contributed by atoms with Crippen molar-refractivity contribution in [1.82, 2.24) is 4.90 Å². The zero-order valence-corrected chi connectivity index (χ0v) is 11.6. The summed E-state index contributed by atoms with van der Waals surface area (Å²) in [5.74, 6) is 0. The number of hydrogen-bond donors (Lipinski definition) is 0. The predicted octanol–water partition coefficient (Wildman–Crippen LogP) is 1.73. The summed E-state index contributed by atoms with van der Waals surface area (Å²) < 4.78 is 5.83. The van der Waals surface area contributed by atoms with Gasteiger partial charge in [-0.05, 0) is 25.2 Å². The van der Waals surface area contributed by atoms with Crippen molar-refractivity contribution in [1.29, 1.82) is 5.26 Å². The van der Waals surface area contributed by atoms with Gasteiger partial charge in [-0.15, -0.1) is 0 Å². The van der Waals surface area contributed by atoms with Crippen molar-refractivity contribution in [2.75, 3.05) is 38.2 Å². The third kappa shape index (κ3) is 2.30. The van der Waals surface area contributed by atoms with Crippen molar-refractivity contribution in [3.8, 4) is 6.07 Å². The molecule has 5 heteroatoms. The van der Waals surface area contributed by atoms with Gasteiger partial charge in [-0.3, -0.25) is 4.90 Å². The third-order valence-corrected chi connectivity index (χ3v) is 4.24. The van der Waals surface area contributed by atoms with Crippen LogP contribution in [0.1, 0.15) is 5.56 Å². The van der Waals surface area contributed by atoms with Gasteiger partial charge < -0.3 is 9.64 Å². The fourth-order valence-electron chi connectivity index (χ4n) is 2.92. The maximum absolute atomic E-state index is 9.22. The number of rotatable bonds is 1. The van der Waals surface area contributed by atoms with E-state index in [0.29, 0.717) is 16.6 Å². The van der Waals surface area contributed by atoms with Crippen LogP contribution in [0.3, 0.4) is 0 Å². The van der Waals surface area contributed by atoms with Crippen molar-refractivity contribution in [2.24, 2.45) is 0 Å². The number of halogens is 1. The maximum Gasteiger partial charge on any atom is 0.101 e. The van der Waals surface area contributed by atoms with Gasteiger partial charge in [0, 0.05) is 24.7 Å². The van der Waals surface area contributed by atoms with Gasteiger partial charge in [-0.2, -0.15) is 5.26 Å². The Morgan fingerprint density at radius 2 is 2.26 bits per heavy atom. The molecular weight excluding hydrogens is 262 g/mol. The van der Waals surface area contributed by atoms with Crippen LogP contribution in [0.25, 0.3) is 0 Å². The van der Waals surface area contributed by atoms with Gasteiger partial charge in [0.25, 0.3) is 0 Å². The number of nitriles is 1. The van der Waals surface area contributed by atoms with Crippen molar-refractivity contribution < 1.29 is 4.74 Å². The standard InChI is InChI=1S/C14H16ClN3O/c1-17-4-5-19-14-9-18(8-13(14)17)12-6-11(15)3-2-10(12)7-16/h2-3,6,13-14H,4-5,8-9H2,1H3. The molecule has 4 nitrogen and oxygen atoms in total. The van der Waals surface area contributed by atoms with E-state index in [1.54, 1.807) is 12.1 Å². The molecule has 19 heavy (non-hydrogen) atoms. The van der Waals surface area contributed by atoms with Crippen LogP contribution in [-0.2, 0) is 4.74 Å². The first-order valence-corrected chi connectivity index (χ1v) is 6.83. The van der Waals surface area contributed by atoms with E-state index in [1.807, 2.05) is 6.07 Å². The van der Waals surface area contributed by atoms with Crippen LogP contribution in [0.5, 0.6) is 0 Å². The second kappa shape index (κ2) is 5.01. The minimum atomic E-state index is 0.226. The first-order chi connectivity index (χ1) is 9.19. The van der Waals surface area contributed by atoms with Gasteiger partial charge in [-0.25, -0.2) is 0 Å². The average Bonchev–Trinajstić information content (AvgIpc) is 2.84. The minimum Gasteiger partial charge on any atom is -0.373 e. The fourth-order valence-corrected chi connectivity index (χ4v) is 3.08. The fraction of sp³-hybridized carbons (Fsp3) is 0.500. The highest BCUT2D eigenvalue weighted by atomic mass is 35.5. The molecule has 2 heterocycles. The molecule has 0 amide bonds. The number of morpholine rings is 1. The summed E-state index contributed by atoms with van der Waals surface area (Å²) in [5.41, 5.74) is 1.59. The average molecular weight is 278 g/mol. The van der Waals surface area contributed by atoms with E-state index in [0.717, 1.165) is 31.9 Å². The van der Waals surface area contributed by atoms with Gasteiger partial charge in [0.1, 0.15) is 6.07 Å². The third-order valence-electron chi connectivity index (χ3n) is 4.00. The molecule has 0 aliphatic carbocycles. The smallest absolute Gasteiger partial charge is 0.101 e. The second-order valence-electron chi connectivity index (χ2n) is 5.14. The molecule has 0 N–H and O–H groups in total. The van der Waals surface area contributed by atoms with E-state index in [-0.39, 0.29) is 6.10 Å². The van der Waals surface area contributed by atoms with Gasteiger partial charge in [0.05, 0.1) is 30.0 Å². The molecule has 0 radical (unpaired) electrons. The summed E-state index contributed by atoms with van der Waals surface area (Å²) in [6.45, 7) is 3.46. The highest BCUT2D eigenvalue weighted by molar-refractivity contribution is 6.30. The Morgan fingerprint density at radius 1 is 1.42 bits per heavy atom. The topological polar surface area (TPSA) is 39.5 Å². The minimum absolute atomic E-state index is 0.226. The highest BCUT2D eigenvalue weighted by Crippen LogP contribution is 2.30. The molecule has 1 aromatic carbocycles. The summed E-state index contributed by atoms with van der Waals surface area (Å²) in [4.78, 5) is 4.55. The SMILES string of the molecule is CN1CCOC2CN(c3cc(Cl)ccc3C#N)CC21. The Bertz CT molecular complexity index is 528. The summed E-state index contributed by atoms with van der Waals surface area (Å²) >= 11 is 6.06. The zero-order chi connectivity index (χ0) is 13.4. The lowest BCUT2D eigenvalue weighted by atomic mass is 10.1. The van der Waals surface area contributed by atoms with Crippen LogP contribution in [0.4, 0.5) is 5.69 Å². The zero-order valence-electron chi connectivity index (χ0n) is 10.8. The number of benzene rings is 1. The molecule has 0 aromatic heterocycles. The molecule has 2 saturated heterocycles. The number of anilines is 1. The molecule has 2 atom stereocenters. The number of nitrogens with zero attached hydrogens (tertiary/aromatic N) is 3. The van der Waals surface area contributed by atoms with Crippen LogP contribution >= 0.6 is 11.6 Å². The Morgan fingerprint density at radius 3 is 3.00 bits per heavy atom. The van der Waals surface area contributed by atoms with E-state index in [9.17, 15) is 5.26 Å². The van der Waals surface area contributed by atoms with E-state index in [1.165, 1.54) is 0 Å². The molecule has 3 rings (SSSR count). The number of fused-ring (bicyclic) bond motifs is 1. The molecule has 1 aromatic rings. The Labute approximate surface area is 118 Å². The molecule has 0 saturated carbocycles. The monoisotopic (exact) mass is 277 g/mol. The van der Waals surface area contributed by atoms with Crippen LogP contribution in [-0.4, -0.2) is 50.3 Å². The van der Waals surface area contributed by atoms with Gasteiger partial charge in [-0.1, -0.05) is 11.6 Å². The molecule has 2 aliphatic heterocycles. The second-order valence-corrected chi connectivity index (χ2v) is 5.57. The number of ether oxygens (including phenoxy) is 1. The number of likely N-dealkylation sites (N-methyl/N-ethyl adjacent to an activating group) is 1. The normalized spacial score (nSPS) is 27.1. The summed E-state index contributed by atoms with van der Waals surface area (Å²) in [6, 6.07) is 8.05. The quantitative estimate of drug-likeness (QED) is 0.784. The van der Waals surface area contributed by atoms with Crippen LogP contribution in [0.15, 0.2) is 18.2 Å². The predicted molar refractivity (Wildman–Crippen MR) is 74.5 cm³/mol. The highest BCUT2D eigenvalue weighted by Gasteiger charge is 2.39. The number of hydrogen-bond acceptors (Lipinski definition) is 4. The first kappa shape index (κ1) is 12.7. The summed E-state index contributed by atoms with van der Waals surface area (Å²) in [7, 11) is 2.13. The lowest BCUT2D eigenvalue weighted by Crippen LogP contribution is -2.48. The van der Waals surface area contributed by atoms with Crippen LogP contribution < -0.4 is 4.90 Å². The van der Waals surface area contributed by atoms with Crippen molar-refractivity contribution in [3.05, 3.63) is 28.8 Å². The van der Waals surface area contributed by atoms with Crippen LogP contribution in [0, 0.1) is 11.3 Å². The summed E-state index contributed by atoms with van der Waals surface area (Å²) in [6.07, 6.45) is 0.226. The van der Waals surface area contributed by atoms with Crippen LogP contribution in [0.2, 0.25) is 5.02 Å². The molecule has 2 unspecified atom stereocenters. The summed E-state index contributed by atoms with van der Waals surface area (Å²) in [5, 5.41) is 9.88. The van der Waals surface area contributed by atoms with E-state index in [4.69, 9.17) is 16.3 Å².